The highest BCUT2D eigenvalue weighted by atomic mass is 15.3. The van der Waals surface area contributed by atoms with Crippen molar-refractivity contribution in [2.75, 3.05) is 24.5 Å². The quantitative estimate of drug-likeness (QED) is 0.862. The van der Waals surface area contributed by atoms with Gasteiger partial charge in [-0.25, -0.2) is 9.97 Å². The van der Waals surface area contributed by atoms with Gasteiger partial charge in [0.1, 0.15) is 0 Å². The van der Waals surface area contributed by atoms with Crippen LogP contribution in [0.4, 0.5) is 5.95 Å². The topological polar surface area (TPSA) is 41.1 Å². The van der Waals surface area contributed by atoms with E-state index in [9.17, 15) is 0 Å². The molecular weight excluding hydrogens is 224 g/mol. The van der Waals surface area contributed by atoms with Gasteiger partial charge in [-0.15, -0.1) is 0 Å². The van der Waals surface area contributed by atoms with Crippen LogP contribution in [0, 0.1) is 12.8 Å². The molecule has 2 fully saturated rings. The Hall–Kier alpha value is -1.16. The summed E-state index contributed by atoms with van der Waals surface area (Å²) >= 11 is 0. The third-order valence-electron chi connectivity index (χ3n) is 4.16. The molecule has 4 heteroatoms. The SMILES string of the molecule is Cc1cc(C(C)C)nc(N2CC[C@H]3CNC[C@H]32)n1. The second-order valence-corrected chi connectivity index (χ2v) is 5.86. The maximum Gasteiger partial charge on any atom is 0.226 e. The van der Waals surface area contributed by atoms with E-state index >= 15 is 0 Å². The van der Waals surface area contributed by atoms with Crippen LogP contribution < -0.4 is 10.2 Å². The Labute approximate surface area is 109 Å². The van der Waals surface area contributed by atoms with Gasteiger partial charge < -0.3 is 10.2 Å². The summed E-state index contributed by atoms with van der Waals surface area (Å²) in [6, 6.07) is 2.71. The molecule has 2 aliphatic rings. The molecule has 2 aliphatic heterocycles. The van der Waals surface area contributed by atoms with Crippen molar-refractivity contribution in [2.24, 2.45) is 5.92 Å². The lowest BCUT2D eigenvalue weighted by Crippen LogP contribution is -2.35. The average Bonchev–Trinajstić information content (AvgIpc) is 2.89. The van der Waals surface area contributed by atoms with E-state index in [1.807, 2.05) is 0 Å². The standard InChI is InChI=1S/C14H22N4/c1-9(2)12-6-10(3)16-14(17-12)18-5-4-11-7-15-8-13(11)18/h6,9,11,13,15H,4-5,7-8H2,1-3H3/t11-,13+/m0/s1. The van der Waals surface area contributed by atoms with Gasteiger partial charge in [-0.2, -0.15) is 0 Å². The third kappa shape index (κ3) is 1.99. The highest BCUT2D eigenvalue weighted by molar-refractivity contribution is 5.37. The molecule has 0 saturated carbocycles. The second-order valence-electron chi connectivity index (χ2n) is 5.86. The summed E-state index contributed by atoms with van der Waals surface area (Å²) in [5.41, 5.74) is 2.24. The van der Waals surface area contributed by atoms with Crippen molar-refractivity contribution < 1.29 is 0 Å². The molecule has 1 aromatic rings. The Morgan fingerprint density at radius 3 is 2.94 bits per heavy atom. The number of hydrogen-bond donors (Lipinski definition) is 1. The number of rotatable bonds is 2. The van der Waals surface area contributed by atoms with Gasteiger partial charge in [0.05, 0.1) is 0 Å². The van der Waals surface area contributed by atoms with Gasteiger partial charge >= 0.3 is 0 Å². The Balaban J connectivity index is 1.92. The lowest BCUT2D eigenvalue weighted by Gasteiger charge is -2.24. The van der Waals surface area contributed by atoms with Crippen LogP contribution in [0.3, 0.4) is 0 Å². The van der Waals surface area contributed by atoms with E-state index in [0.717, 1.165) is 42.9 Å². The van der Waals surface area contributed by atoms with E-state index in [2.05, 4.69) is 42.0 Å². The second kappa shape index (κ2) is 4.50. The minimum absolute atomic E-state index is 0.463. The molecule has 3 rings (SSSR count). The zero-order valence-corrected chi connectivity index (χ0v) is 11.5. The molecule has 1 aromatic heterocycles. The molecule has 0 bridgehead atoms. The summed E-state index contributed by atoms with van der Waals surface area (Å²) in [4.78, 5) is 11.8. The normalized spacial score (nSPS) is 27.0. The van der Waals surface area contributed by atoms with Gasteiger partial charge in [0.25, 0.3) is 0 Å². The van der Waals surface area contributed by atoms with Gasteiger partial charge in [0.15, 0.2) is 0 Å². The molecule has 98 valence electrons. The molecule has 2 atom stereocenters. The summed E-state index contributed by atoms with van der Waals surface area (Å²) in [6.45, 7) is 9.80. The minimum atomic E-state index is 0.463. The van der Waals surface area contributed by atoms with Gasteiger partial charge in [-0.1, -0.05) is 13.8 Å². The first-order chi connectivity index (χ1) is 8.65. The number of aromatic nitrogens is 2. The maximum atomic E-state index is 4.76. The van der Waals surface area contributed by atoms with Crippen LogP contribution in [-0.2, 0) is 0 Å². The van der Waals surface area contributed by atoms with E-state index in [1.165, 1.54) is 6.42 Å². The van der Waals surface area contributed by atoms with Gasteiger partial charge in [0, 0.05) is 37.1 Å². The number of aryl methyl sites for hydroxylation is 1. The van der Waals surface area contributed by atoms with Crippen molar-refractivity contribution in [3.05, 3.63) is 17.5 Å². The summed E-state index contributed by atoms with van der Waals surface area (Å²) in [5, 5.41) is 3.48. The van der Waals surface area contributed by atoms with E-state index in [4.69, 9.17) is 4.98 Å². The molecule has 0 unspecified atom stereocenters. The van der Waals surface area contributed by atoms with Gasteiger partial charge in [0.2, 0.25) is 5.95 Å². The zero-order valence-electron chi connectivity index (χ0n) is 11.5. The fourth-order valence-corrected chi connectivity index (χ4v) is 3.10. The van der Waals surface area contributed by atoms with Gasteiger partial charge in [-0.3, -0.25) is 0 Å². The molecule has 18 heavy (non-hydrogen) atoms. The average molecular weight is 246 g/mol. The fraction of sp³-hybridized carbons (Fsp3) is 0.714. The first-order valence-electron chi connectivity index (χ1n) is 6.98. The van der Waals surface area contributed by atoms with Crippen LogP contribution in [0.1, 0.15) is 37.6 Å². The van der Waals surface area contributed by atoms with Crippen molar-refractivity contribution in [3.63, 3.8) is 0 Å². The lowest BCUT2D eigenvalue weighted by atomic mass is 10.1. The first-order valence-corrected chi connectivity index (χ1v) is 6.98. The first kappa shape index (κ1) is 11.9. The maximum absolute atomic E-state index is 4.76. The summed E-state index contributed by atoms with van der Waals surface area (Å²) < 4.78 is 0. The van der Waals surface area contributed by atoms with Crippen molar-refractivity contribution in [3.8, 4) is 0 Å². The molecule has 2 saturated heterocycles. The summed E-state index contributed by atoms with van der Waals surface area (Å²) in [6.07, 6.45) is 1.27. The summed E-state index contributed by atoms with van der Waals surface area (Å²) in [5.74, 6) is 2.19. The number of nitrogens with zero attached hydrogens (tertiary/aromatic N) is 3. The van der Waals surface area contributed by atoms with Crippen LogP contribution in [-0.4, -0.2) is 35.6 Å². The summed E-state index contributed by atoms with van der Waals surface area (Å²) in [7, 11) is 0. The predicted octanol–water partition coefficient (Wildman–Crippen LogP) is 1.71. The van der Waals surface area contributed by atoms with E-state index in [1.54, 1.807) is 0 Å². The molecule has 3 heterocycles. The smallest absolute Gasteiger partial charge is 0.226 e. The van der Waals surface area contributed by atoms with Crippen molar-refractivity contribution in [1.29, 1.82) is 0 Å². The molecule has 0 aromatic carbocycles. The molecule has 0 radical (unpaired) electrons. The van der Waals surface area contributed by atoms with E-state index in [-0.39, 0.29) is 0 Å². The van der Waals surface area contributed by atoms with Crippen LogP contribution in [0.2, 0.25) is 0 Å². The minimum Gasteiger partial charge on any atom is -0.336 e. The number of hydrogen-bond acceptors (Lipinski definition) is 4. The van der Waals surface area contributed by atoms with Crippen LogP contribution >= 0.6 is 0 Å². The number of anilines is 1. The third-order valence-corrected chi connectivity index (χ3v) is 4.16. The molecule has 0 aliphatic carbocycles. The largest absolute Gasteiger partial charge is 0.336 e. The van der Waals surface area contributed by atoms with Gasteiger partial charge in [-0.05, 0) is 31.2 Å². The Morgan fingerprint density at radius 1 is 1.33 bits per heavy atom. The molecule has 0 spiro atoms. The lowest BCUT2D eigenvalue weighted by molar-refractivity contribution is 0.575. The van der Waals surface area contributed by atoms with Crippen LogP contribution in [0.15, 0.2) is 6.07 Å². The molecule has 1 N–H and O–H groups in total. The van der Waals surface area contributed by atoms with E-state index < -0.39 is 0 Å². The highest BCUT2D eigenvalue weighted by Crippen LogP contribution is 2.30. The number of nitrogens with one attached hydrogen (secondary N) is 1. The Bertz CT molecular complexity index is 443. The molecule has 0 amide bonds. The highest BCUT2D eigenvalue weighted by Gasteiger charge is 2.38. The van der Waals surface area contributed by atoms with Crippen molar-refractivity contribution in [2.45, 2.75) is 39.2 Å². The van der Waals surface area contributed by atoms with E-state index in [0.29, 0.717) is 12.0 Å². The van der Waals surface area contributed by atoms with Crippen molar-refractivity contribution in [1.82, 2.24) is 15.3 Å². The fourth-order valence-electron chi connectivity index (χ4n) is 3.10. The van der Waals surface area contributed by atoms with Crippen LogP contribution in [0.25, 0.3) is 0 Å². The Kier molecular flexibility index (Phi) is 2.98. The predicted molar refractivity (Wildman–Crippen MR) is 73.0 cm³/mol. The molecular formula is C14H22N4. The zero-order chi connectivity index (χ0) is 12.7. The Morgan fingerprint density at radius 2 is 2.17 bits per heavy atom. The monoisotopic (exact) mass is 246 g/mol. The van der Waals surface area contributed by atoms with Crippen molar-refractivity contribution >= 4 is 5.95 Å². The number of fused-ring (bicyclic) bond motifs is 1. The van der Waals surface area contributed by atoms with Crippen LogP contribution in [0.5, 0.6) is 0 Å². The molecule has 4 nitrogen and oxygen atoms in total.